The summed E-state index contributed by atoms with van der Waals surface area (Å²) < 4.78 is 0. The van der Waals surface area contributed by atoms with Crippen LogP contribution in [0.2, 0.25) is 0 Å². The first-order valence-electron chi connectivity index (χ1n) is 10.9. The van der Waals surface area contributed by atoms with Crippen LogP contribution in [0.5, 0.6) is 0 Å². The summed E-state index contributed by atoms with van der Waals surface area (Å²) in [6, 6.07) is 7.82. The maximum absolute atomic E-state index is 12.7. The van der Waals surface area contributed by atoms with Crippen LogP contribution in [0.15, 0.2) is 29.6 Å². The van der Waals surface area contributed by atoms with Crippen LogP contribution in [0.25, 0.3) is 11.3 Å². The van der Waals surface area contributed by atoms with Crippen molar-refractivity contribution in [2.45, 2.75) is 57.4 Å². The van der Waals surface area contributed by atoms with E-state index in [1.165, 1.54) is 4.90 Å². The van der Waals surface area contributed by atoms with Crippen molar-refractivity contribution >= 4 is 29.2 Å². The number of rotatable bonds is 7. The third-order valence-corrected chi connectivity index (χ3v) is 6.89. The van der Waals surface area contributed by atoms with Crippen molar-refractivity contribution in [2.24, 2.45) is 0 Å². The quantitative estimate of drug-likeness (QED) is 0.646. The molecule has 1 aliphatic heterocycles. The normalized spacial score (nSPS) is 17.8. The molecule has 8 heteroatoms. The fraction of sp³-hybridized carbons (Fsp3) is 0.478. The van der Waals surface area contributed by atoms with E-state index in [1.807, 2.05) is 36.6 Å². The number of hydrogen-bond acceptors (Lipinski definition) is 5. The number of carbonyl (C=O) groups is 3. The van der Waals surface area contributed by atoms with E-state index in [1.54, 1.807) is 11.3 Å². The number of benzene rings is 1. The highest BCUT2D eigenvalue weighted by Gasteiger charge is 2.50. The first-order valence-corrected chi connectivity index (χ1v) is 11.8. The van der Waals surface area contributed by atoms with Gasteiger partial charge in [-0.1, -0.05) is 43.5 Å². The van der Waals surface area contributed by atoms with Crippen molar-refractivity contribution in [3.05, 3.63) is 40.2 Å². The van der Waals surface area contributed by atoms with Crippen molar-refractivity contribution in [2.75, 3.05) is 13.1 Å². The van der Waals surface area contributed by atoms with E-state index < -0.39 is 5.54 Å². The molecule has 0 unspecified atom stereocenters. The van der Waals surface area contributed by atoms with Crippen LogP contribution < -0.4 is 10.6 Å². The Bertz CT molecular complexity index is 963. The molecule has 2 N–H and O–H groups in total. The Kier molecular flexibility index (Phi) is 6.36. The minimum Gasteiger partial charge on any atom is -0.356 e. The Labute approximate surface area is 186 Å². The average Bonchev–Trinajstić information content (AvgIpc) is 3.29. The van der Waals surface area contributed by atoms with Crippen LogP contribution >= 0.6 is 11.3 Å². The lowest BCUT2D eigenvalue weighted by Gasteiger charge is -2.30. The highest BCUT2D eigenvalue weighted by Crippen LogP contribution is 2.33. The van der Waals surface area contributed by atoms with Crippen LogP contribution in [0.1, 0.15) is 49.1 Å². The van der Waals surface area contributed by atoms with E-state index in [0.717, 1.165) is 41.1 Å². The molecule has 1 aliphatic carbocycles. The van der Waals surface area contributed by atoms with Gasteiger partial charge < -0.3 is 10.6 Å². The summed E-state index contributed by atoms with van der Waals surface area (Å²) in [6.45, 7) is 2.63. The molecule has 0 radical (unpaired) electrons. The molecule has 164 valence electrons. The monoisotopic (exact) mass is 440 g/mol. The van der Waals surface area contributed by atoms with Gasteiger partial charge in [0.15, 0.2) is 0 Å². The molecule has 0 atom stereocenters. The van der Waals surface area contributed by atoms with Gasteiger partial charge in [-0.2, -0.15) is 0 Å². The summed E-state index contributed by atoms with van der Waals surface area (Å²) in [6.07, 6.45) is 5.23. The van der Waals surface area contributed by atoms with Gasteiger partial charge in [-0.3, -0.25) is 14.5 Å². The van der Waals surface area contributed by atoms with E-state index in [2.05, 4.69) is 15.6 Å². The SMILES string of the molecule is Cc1nc(-c2ccc(CCNC(=O)CCN3C(=O)NC4(CCCCC4)C3=O)cc2)cs1. The molecule has 1 saturated carbocycles. The highest BCUT2D eigenvalue weighted by atomic mass is 32.1. The van der Waals surface area contributed by atoms with Gasteiger partial charge in [-0.15, -0.1) is 11.3 Å². The van der Waals surface area contributed by atoms with Gasteiger partial charge in [-0.25, -0.2) is 9.78 Å². The van der Waals surface area contributed by atoms with Crippen LogP contribution in [0.4, 0.5) is 4.79 Å². The summed E-state index contributed by atoms with van der Waals surface area (Å²) in [5, 5.41) is 8.86. The molecule has 31 heavy (non-hydrogen) atoms. The Morgan fingerprint density at radius 1 is 1.19 bits per heavy atom. The minimum atomic E-state index is -0.727. The predicted molar refractivity (Wildman–Crippen MR) is 120 cm³/mol. The summed E-state index contributed by atoms with van der Waals surface area (Å²) in [4.78, 5) is 42.9. The maximum Gasteiger partial charge on any atom is 0.325 e. The molecule has 4 rings (SSSR count). The smallest absolute Gasteiger partial charge is 0.325 e. The summed E-state index contributed by atoms with van der Waals surface area (Å²) in [7, 11) is 0. The van der Waals surface area contributed by atoms with Gasteiger partial charge in [0.05, 0.1) is 10.7 Å². The Balaban J connectivity index is 1.21. The minimum absolute atomic E-state index is 0.122. The standard InChI is InChI=1S/C23H28N4O3S/c1-16-25-19(15-31-16)18-7-5-17(6-8-18)9-13-24-20(28)10-14-27-21(29)23(26-22(27)30)11-3-2-4-12-23/h5-8,15H,2-4,9-14H2,1H3,(H,24,28)(H,26,30). The first kappa shape index (κ1) is 21.5. The van der Waals surface area contributed by atoms with Gasteiger partial charge in [0, 0.05) is 30.5 Å². The van der Waals surface area contributed by atoms with E-state index in [0.29, 0.717) is 25.8 Å². The number of carbonyl (C=O) groups excluding carboxylic acids is 3. The van der Waals surface area contributed by atoms with Gasteiger partial charge in [0.25, 0.3) is 5.91 Å². The van der Waals surface area contributed by atoms with Crippen LogP contribution in [0.3, 0.4) is 0 Å². The molecule has 1 aromatic carbocycles. The third-order valence-electron chi connectivity index (χ3n) is 6.12. The van der Waals surface area contributed by atoms with Crippen LogP contribution in [-0.4, -0.2) is 46.4 Å². The van der Waals surface area contributed by atoms with E-state index >= 15 is 0 Å². The molecule has 2 fully saturated rings. The van der Waals surface area contributed by atoms with Crippen LogP contribution in [0, 0.1) is 6.92 Å². The molecule has 1 spiro atoms. The number of imide groups is 1. The second-order valence-corrected chi connectivity index (χ2v) is 9.39. The van der Waals surface area contributed by atoms with Crippen molar-refractivity contribution in [3.63, 3.8) is 0 Å². The largest absolute Gasteiger partial charge is 0.356 e. The second-order valence-electron chi connectivity index (χ2n) is 8.33. The fourth-order valence-corrected chi connectivity index (χ4v) is 4.98. The number of aryl methyl sites for hydroxylation is 1. The zero-order valence-electron chi connectivity index (χ0n) is 17.8. The van der Waals surface area contributed by atoms with Crippen molar-refractivity contribution < 1.29 is 14.4 Å². The average molecular weight is 441 g/mol. The van der Waals surface area contributed by atoms with Gasteiger partial charge in [0.1, 0.15) is 5.54 Å². The number of urea groups is 1. The summed E-state index contributed by atoms with van der Waals surface area (Å²) >= 11 is 1.63. The lowest BCUT2D eigenvalue weighted by atomic mass is 9.82. The molecule has 2 aliphatic rings. The van der Waals surface area contributed by atoms with Gasteiger partial charge >= 0.3 is 6.03 Å². The van der Waals surface area contributed by atoms with E-state index in [-0.39, 0.29) is 30.8 Å². The number of hydrogen-bond donors (Lipinski definition) is 2. The molecular formula is C23H28N4O3S. The highest BCUT2D eigenvalue weighted by molar-refractivity contribution is 7.09. The lowest BCUT2D eigenvalue weighted by molar-refractivity contribution is -0.132. The second kappa shape index (κ2) is 9.18. The molecule has 4 amide bonds. The Hall–Kier alpha value is -2.74. The Morgan fingerprint density at radius 2 is 1.94 bits per heavy atom. The fourth-order valence-electron chi connectivity index (χ4n) is 4.36. The van der Waals surface area contributed by atoms with Gasteiger partial charge in [-0.05, 0) is 31.7 Å². The first-order chi connectivity index (χ1) is 15.0. The number of thiazole rings is 1. The van der Waals surface area contributed by atoms with E-state index in [9.17, 15) is 14.4 Å². The molecule has 2 aromatic rings. The lowest BCUT2D eigenvalue weighted by Crippen LogP contribution is -2.48. The zero-order valence-corrected chi connectivity index (χ0v) is 18.6. The Morgan fingerprint density at radius 3 is 2.61 bits per heavy atom. The zero-order chi connectivity index (χ0) is 21.8. The number of amides is 4. The van der Waals surface area contributed by atoms with Gasteiger partial charge in [0.2, 0.25) is 5.91 Å². The molecule has 1 saturated heterocycles. The predicted octanol–water partition coefficient (Wildman–Crippen LogP) is 3.42. The third kappa shape index (κ3) is 4.79. The van der Waals surface area contributed by atoms with E-state index in [4.69, 9.17) is 0 Å². The number of nitrogens with zero attached hydrogens (tertiary/aromatic N) is 2. The number of aromatic nitrogens is 1. The van der Waals surface area contributed by atoms with Crippen molar-refractivity contribution in [1.82, 2.24) is 20.5 Å². The summed E-state index contributed by atoms with van der Waals surface area (Å²) in [5.41, 5.74) is 2.47. The topological polar surface area (TPSA) is 91.4 Å². The molecule has 7 nitrogen and oxygen atoms in total. The molecule has 2 heterocycles. The van der Waals surface area contributed by atoms with Crippen molar-refractivity contribution in [3.8, 4) is 11.3 Å². The van der Waals surface area contributed by atoms with Crippen LogP contribution in [-0.2, 0) is 16.0 Å². The number of nitrogens with one attached hydrogen (secondary N) is 2. The molecule has 1 aromatic heterocycles. The molecular weight excluding hydrogens is 412 g/mol. The van der Waals surface area contributed by atoms with Crippen molar-refractivity contribution in [1.29, 1.82) is 0 Å². The molecule has 0 bridgehead atoms. The summed E-state index contributed by atoms with van der Waals surface area (Å²) in [5.74, 6) is -0.319. The maximum atomic E-state index is 12.7.